The van der Waals surface area contributed by atoms with Gasteiger partial charge < -0.3 is 10.2 Å². The summed E-state index contributed by atoms with van der Waals surface area (Å²) in [7, 11) is 0. The van der Waals surface area contributed by atoms with Gasteiger partial charge in [0.1, 0.15) is 0 Å². The van der Waals surface area contributed by atoms with Crippen molar-refractivity contribution < 1.29 is 14.4 Å². The van der Waals surface area contributed by atoms with Crippen LogP contribution >= 0.6 is 11.3 Å². The molecule has 0 aliphatic carbocycles. The van der Waals surface area contributed by atoms with E-state index in [1.54, 1.807) is 42.5 Å². The lowest BCUT2D eigenvalue weighted by Crippen LogP contribution is -2.40. The molecule has 0 saturated heterocycles. The number of thiophene rings is 1. The summed E-state index contributed by atoms with van der Waals surface area (Å²) in [4.78, 5) is 38.8. The number of imide groups is 1. The molecule has 0 bridgehead atoms. The fourth-order valence-electron chi connectivity index (χ4n) is 2.80. The number of benzene rings is 1. The molecule has 3 N–H and O–H groups in total. The van der Waals surface area contributed by atoms with E-state index in [4.69, 9.17) is 0 Å². The first kappa shape index (κ1) is 17.0. The number of urea groups is 1. The highest BCUT2D eigenvalue weighted by atomic mass is 32.1. The van der Waals surface area contributed by atoms with Gasteiger partial charge in [-0.1, -0.05) is 24.3 Å². The second kappa shape index (κ2) is 7.04. The number of hydrogen-bond acceptors (Lipinski definition) is 5. The average Bonchev–Trinajstić information content (AvgIpc) is 3.41. The maximum atomic E-state index is 12.4. The molecule has 27 heavy (non-hydrogen) atoms. The number of nitrogens with zero attached hydrogens (tertiary/aromatic N) is 2. The third-order valence-corrected chi connectivity index (χ3v) is 5.04. The molecule has 4 rings (SSSR count). The average molecular weight is 381 g/mol. The Morgan fingerprint density at radius 3 is 2.59 bits per heavy atom. The van der Waals surface area contributed by atoms with Crippen LogP contribution in [-0.2, 0) is 13.1 Å². The van der Waals surface area contributed by atoms with Crippen LogP contribution in [0.4, 0.5) is 10.6 Å². The van der Waals surface area contributed by atoms with E-state index in [0.29, 0.717) is 16.3 Å². The summed E-state index contributed by atoms with van der Waals surface area (Å²) in [5, 5.41) is 13.9. The van der Waals surface area contributed by atoms with E-state index in [1.807, 2.05) is 5.38 Å². The van der Waals surface area contributed by atoms with E-state index >= 15 is 0 Å². The minimum atomic E-state index is -0.496. The first-order valence-electron chi connectivity index (χ1n) is 8.18. The number of nitrogens with one attached hydrogen (secondary N) is 3. The van der Waals surface area contributed by atoms with E-state index in [1.165, 1.54) is 16.2 Å². The van der Waals surface area contributed by atoms with Crippen molar-refractivity contribution in [1.82, 2.24) is 20.4 Å². The summed E-state index contributed by atoms with van der Waals surface area (Å²) in [5.74, 6) is -0.310. The van der Waals surface area contributed by atoms with Gasteiger partial charge in [0.25, 0.3) is 11.8 Å². The molecule has 1 aliphatic rings. The van der Waals surface area contributed by atoms with Crippen LogP contribution in [0.5, 0.6) is 0 Å². The van der Waals surface area contributed by atoms with Gasteiger partial charge in [-0.15, -0.1) is 11.3 Å². The van der Waals surface area contributed by atoms with Crippen molar-refractivity contribution >= 4 is 35.0 Å². The normalized spacial score (nSPS) is 12.5. The Balaban J connectivity index is 1.41. The lowest BCUT2D eigenvalue weighted by molar-refractivity contribution is 0.0950. The van der Waals surface area contributed by atoms with Crippen molar-refractivity contribution in [1.29, 1.82) is 0 Å². The van der Waals surface area contributed by atoms with Crippen molar-refractivity contribution in [2.45, 2.75) is 13.1 Å². The monoisotopic (exact) mass is 381 g/mol. The minimum absolute atomic E-state index is 0.249. The van der Waals surface area contributed by atoms with Gasteiger partial charge in [0.15, 0.2) is 5.82 Å². The van der Waals surface area contributed by atoms with Crippen LogP contribution in [0.2, 0.25) is 0 Å². The van der Waals surface area contributed by atoms with Gasteiger partial charge in [0.2, 0.25) is 0 Å². The van der Waals surface area contributed by atoms with E-state index in [9.17, 15) is 14.4 Å². The highest BCUT2D eigenvalue weighted by Crippen LogP contribution is 2.27. The molecule has 0 spiro atoms. The molecule has 0 atom stereocenters. The lowest BCUT2D eigenvalue weighted by Gasteiger charge is -2.16. The number of hydrogen-bond donors (Lipinski definition) is 3. The van der Waals surface area contributed by atoms with Crippen molar-refractivity contribution in [2.24, 2.45) is 0 Å². The Morgan fingerprint density at radius 1 is 1.04 bits per heavy atom. The molecule has 1 aliphatic heterocycles. The van der Waals surface area contributed by atoms with Crippen molar-refractivity contribution in [2.75, 3.05) is 5.32 Å². The quantitative estimate of drug-likeness (QED) is 0.648. The summed E-state index contributed by atoms with van der Waals surface area (Å²) in [6.45, 7) is 0.533. The summed E-state index contributed by atoms with van der Waals surface area (Å²) < 4.78 is 0. The number of aromatic amines is 1. The molecule has 8 nitrogen and oxygen atoms in total. The standard InChI is InChI=1S/C18H15N5O3S/c24-16(11-5-2-1-3-6-11)20-18(26)23-9-12-13(10-23)21-22-15(12)19-17(25)14-7-4-8-27-14/h1-8H,9-10H2,(H,20,24,26)(H2,19,21,22,25). The Hall–Kier alpha value is -3.46. The Kier molecular flexibility index (Phi) is 4.43. The highest BCUT2D eigenvalue weighted by Gasteiger charge is 2.30. The molecule has 4 amide bonds. The fraction of sp³-hybridized carbons (Fsp3) is 0.111. The summed E-state index contributed by atoms with van der Waals surface area (Å²) in [6.07, 6.45) is 0. The summed E-state index contributed by atoms with van der Waals surface area (Å²) in [6, 6.07) is 11.6. The first-order chi connectivity index (χ1) is 13.1. The molecule has 0 radical (unpaired) electrons. The number of aromatic nitrogens is 2. The third kappa shape index (κ3) is 3.44. The number of carbonyl (C=O) groups excluding carboxylic acids is 3. The van der Waals surface area contributed by atoms with Gasteiger partial charge >= 0.3 is 6.03 Å². The van der Waals surface area contributed by atoms with Gasteiger partial charge in [-0.2, -0.15) is 5.10 Å². The predicted octanol–water partition coefficient (Wildman–Crippen LogP) is 2.59. The molecular weight excluding hydrogens is 366 g/mol. The molecule has 0 saturated carbocycles. The summed E-state index contributed by atoms with van der Waals surface area (Å²) in [5.41, 5.74) is 1.88. The van der Waals surface area contributed by atoms with Crippen LogP contribution in [0.3, 0.4) is 0 Å². The lowest BCUT2D eigenvalue weighted by atomic mass is 10.2. The zero-order chi connectivity index (χ0) is 18.8. The second-order valence-electron chi connectivity index (χ2n) is 5.94. The summed E-state index contributed by atoms with van der Waals surface area (Å²) >= 11 is 1.33. The predicted molar refractivity (Wildman–Crippen MR) is 99.4 cm³/mol. The molecule has 3 heterocycles. The Labute approximate surface area is 158 Å². The number of carbonyl (C=O) groups is 3. The van der Waals surface area contributed by atoms with Crippen LogP contribution in [0.1, 0.15) is 31.3 Å². The van der Waals surface area contributed by atoms with Gasteiger partial charge in [-0.3, -0.25) is 20.0 Å². The van der Waals surface area contributed by atoms with Crippen LogP contribution in [0.25, 0.3) is 0 Å². The van der Waals surface area contributed by atoms with Crippen LogP contribution < -0.4 is 10.6 Å². The molecule has 0 fully saturated rings. The largest absolute Gasteiger partial charge is 0.324 e. The minimum Gasteiger partial charge on any atom is -0.314 e. The first-order valence-corrected chi connectivity index (χ1v) is 9.06. The van der Waals surface area contributed by atoms with Crippen molar-refractivity contribution in [3.05, 3.63) is 69.5 Å². The van der Waals surface area contributed by atoms with E-state index < -0.39 is 11.9 Å². The van der Waals surface area contributed by atoms with Gasteiger partial charge in [0.05, 0.1) is 23.7 Å². The van der Waals surface area contributed by atoms with E-state index in [2.05, 4.69) is 20.8 Å². The van der Waals surface area contributed by atoms with E-state index in [-0.39, 0.29) is 19.0 Å². The molecular formula is C18H15N5O3S. The Morgan fingerprint density at radius 2 is 1.85 bits per heavy atom. The second-order valence-corrected chi connectivity index (χ2v) is 6.89. The van der Waals surface area contributed by atoms with Crippen LogP contribution in [0.15, 0.2) is 47.8 Å². The SMILES string of the molecule is O=C(NC(=O)N1Cc2[nH]nc(NC(=O)c3cccs3)c2C1)c1ccccc1. The molecule has 1 aromatic carbocycles. The third-order valence-electron chi connectivity index (χ3n) is 4.17. The molecule has 2 aromatic heterocycles. The Bertz CT molecular complexity index is 997. The van der Waals surface area contributed by atoms with Gasteiger partial charge in [-0.25, -0.2) is 4.79 Å². The molecule has 136 valence electrons. The number of H-pyrrole nitrogens is 1. The molecule has 3 aromatic rings. The van der Waals surface area contributed by atoms with E-state index in [0.717, 1.165) is 11.3 Å². The van der Waals surface area contributed by atoms with Gasteiger partial charge in [-0.05, 0) is 23.6 Å². The van der Waals surface area contributed by atoms with Crippen LogP contribution in [0, 0.1) is 0 Å². The number of anilines is 1. The van der Waals surface area contributed by atoms with Crippen molar-refractivity contribution in [3.63, 3.8) is 0 Å². The smallest absolute Gasteiger partial charge is 0.314 e. The maximum absolute atomic E-state index is 12.4. The van der Waals surface area contributed by atoms with Crippen LogP contribution in [-0.4, -0.2) is 32.9 Å². The number of fused-ring (bicyclic) bond motifs is 1. The zero-order valence-corrected chi connectivity index (χ0v) is 14.9. The van der Waals surface area contributed by atoms with Gasteiger partial charge in [0, 0.05) is 11.1 Å². The fourth-order valence-corrected chi connectivity index (χ4v) is 3.42. The molecule has 0 unspecified atom stereocenters. The van der Waals surface area contributed by atoms with Crippen molar-refractivity contribution in [3.8, 4) is 0 Å². The highest BCUT2D eigenvalue weighted by molar-refractivity contribution is 7.12. The zero-order valence-electron chi connectivity index (χ0n) is 14.1. The topological polar surface area (TPSA) is 107 Å². The number of rotatable bonds is 3. The number of amides is 4. The molecule has 9 heteroatoms. The maximum Gasteiger partial charge on any atom is 0.324 e.